The highest BCUT2D eigenvalue weighted by Gasteiger charge is 2.10. The normalized spacial score (nSPS) is 12.6. The van der Waals surface area contributed by atoms with Gasteiger partial charge in [0.25, 0.3) is 0 Å². The Morgan fingerprint density at radius 2 is 2.25 bits per heavy atom. The second kappa shape index (κ2) is 4.37. The summed E-state index contributed by atoms with van der Waals surface area (Å²) < 4.78 is 1.59. The standard InChI is InChI=1S/C12H15N3O/c1-9-3-2-4-10(7-9)11(16)8-15-12(13)5-6-14-15/h2-7,11,16H,8,13H2,1H3. The fourth-order valence-electron chi connectivity index (χ4n) is 1.64. The molecule has 0 aliphatic carbocycles. The van der Waals surface area contributed by atoms with E-state index in [1.165, 1.54) is 0 Å². The van der Waals surface area contributed by atoms with Crippen LogP contribution < -0.4 is 5.73 Å². The summed E-state index contributed by atoms with van der Waals surface area (Å²) in [5.74, 6) is 0.562. The molecule has 1 aromatic carbocycles. The molecule has 1 heterocycles. The number of benzene rings is 1. The van der Waals surface area contributed by atoms with E-state index in [-0.39, 0.29) is 0 Å². The Balaban J connectivity index is 2.14. The van der Waals surface area contributed by atoms with Crippen molar-refractivity contribution in [1.29, 1.82) is 0 Å². The van der Waals surface area contributed by atoms with Gasteiger partial charge in [-0.1, -0.05) is 29.8 Å². The van der Waals surface area contributed by atoms with Crippen LogP contribution in [0.3, 0.4) is 0 Å². The fraction of sp³-hybridized carbons (Fsp3) is 0.250. The van der Waals surface area contributed by atoms with Crippen molar-refractivity contribution in [2.24, 2.45) is 0 Å². The molecule has 0 fully saturated rings. The molecule has 0 bridgehead atoms. The third kappa shape index (κ3) is 2.23. The molecule has 0 aliphatic rings. The van der Waals surface area contributed by atoms with Gasteiger partial charge in [0, 0.05) is 0 Å². The van der Waals surface area contributed by atoms with Crippen molar-refractivity contribution in [3.63, 3.8) is 0 Å². The minimum Gasteiger partial charge on any atom is -0.386 e. The van der Waals surface area contributed by atoms with Crippen LogP contribution in [0.5, 0.6) is 0 Å². The molecule has 3 N–H and O–H groups in total. The predicted molar refractivity (Wildman–Crippen MR) is 62.8 cm³/mol. The first-order valence-electron chi connectivity index (χ1n) is 5.19. The maximum atomic E-state index is 10.0. The molecule has 0 aliphatic heterocycles. The number of rotatable bonds is 3. The fourth-order valence-corrected chi connectivity index (χ4v) is 1.64. The van der Waals surface area contributed by atoms with E-state index in [1.807, 2.05) is 31.2 Å². The van der Waals surface area contributed by atoms with Crippen LogP contribution >= 0.6 is 0 Å². The highest BCUT2D eigenvalue weighted by atomic mass is 16.3. The van der Waals surface area contributed by atoms with Gasteiger partial charge in [-0.05, 0) is 18.6 Å². The van der Waals surface area contributed by atoms with Gasteiger partial charge in [-0.3, -0.25) is 0 Å². The van der Waals surface area contributed by atoms with Gasteiger partial charge in [-0.2, -0.15) is 5.10 Å². The van der Waals surface area contributed by atoms with Crippen LogP contribution in [-0.4, -0.2) is 14.9 Å². The smallest absolute Gasteiger partial charge is 0.121 e. The maximum absolute atomic E-state index is 10.0. The van der Waals surface area contributed by atoms with Crippen LogP contribution in [0.25, 0.3) is 0 Å². The molecule has 1 aromatic heterocycles. The number of aliphatic hydroxyl groups is 1. The number of hydrogen-bond donors (Lipinski definition) is 2. The lowest BCUT2D eigenvalue weighted by molar-refractivity contribution is 0.152. The summed E-state index contributed by atoms with van der Waals surface area (Å²) in [4.78, 5) is 0. The summed E-state index contributed by atoms with van der Waals surface area (Å²) >= 11 is 0. The molecular weight excluding hydrogens is 202 g/mol. The molecule has 0 amide bonds. The zero-order valence-electron chi connectivity index (χ0n) is 9.17. The minimum atomic E-state index is -0.581. The largest absolute Gasteiger partial charge is 0.386 e. The van der Waals surface area contributed by atoms with Crippen molar-refractivity contribution < 1.29 is 5.11 Å². The molecule has 16 heavy (non-hydrogen) atoms. The number of hydrogen-bond acceptors (Lipinski definition) is 3. The summed E-state index contributed by atoms with van der Waals surface area (Å²) in [6.45, 7) is 2.38. The molecule has 0 radical (unpaired) electrons. The van der Waals surface area contributed by atoms with Gasteiger partial charge in [0.1, 0.15) is 5.82 Å². The Kier molecular flexibility index (Phi) is 2.92. The van der Waals surface area contributed by atoms with E-state index in [0.717, 1.165) is 11.1 Å². The highest BCUT2D eigenvalue weighted by Crippen LogP contribution is 2.17. The number of aromatic nitrogens is 2. The number of nitrogen functional groups attached to an aromatic ring is 1. The first-order chi connectivity index (χ1) is 7.66. The lowest BCUT2D eigenvalue weighted by Crippen LogP contribution is -2.12. The zero-order valence-corrected chi connectivity index (χ0v) is 9.17. The Labute approximate surface area is 94.3 Å². The van der Waals surface area contributed by atoms with Crippen molar-refractivity contribution in [3.05, 3.63) is 47.7 Å². The minimum absolute atomic E-state index is 0.377. The van der Waals surface area contributed by atoms with Crippen molar-refractivity contribution in [2.45, 2.75) is 19.6 Å². The number of anilines is 1. The van der Waals surface area contributed by atoms with E-state index >= 15 is 0 Å². The highest BCUT2D eigenvalue weighted by molar-refractivity contribution is 5.27. The van der Waals surface area contributed by atoms with E-state index in [0.29, 0.717) is 12.4 Å². The van der Waals surface area contributed by atoms with Crippen molar-refractivity contribution >= 4 is 5.82 Å². The van der Waals surface area contributed by atoms with Gasteiger partial charge in [-0.15, -0.1) is 0 Å². The van der Waals surface area contributed by atoms with Gasteiger partial charge in [-0.25, -0.2) is 4.68 Å². The quantitative estimate of drug-likeness (QED) is 0.819. The Bertz CT molecular complexity index is 479. The SMILES string of the molecule is Cc1cccc(C(O)Cn2nccc2N)c1. The molecule has 2 rings (SSSR count). The van der Waals surface area contributed by atoms with Crippen LogP contribution in [0.2, 0.25) is 0 Å². The summed E-state index contributed by atoms with van der Waals surface area (Å²) in [6, 6.07) is 9.50. The Hall–Kier alpha value is -1.81. The van der Waals surface area contributed by atoms with Crippen LogP contribution in [0.15, 0.2) is 36.5 Å². The number of aliphatic hydroxyl groups excluding tert-OH is 1. The lowest BCUT2D eigenvalue weighted by atomic mass is 10.1. The average Bonchev–Trinajstić information content (AvgIpc) is 2.64. The van der Waals surface area contributed by atoms with E-state index in [9.17, 15) is 5.11 Å². The van der Waals surface area contributed by atoms with Crippen LogP contribution in [0, 0.1) is 6.92 Å². The molecular formula is C12H15N3O. The van der Waals surface area contributed by atoms with Crippen molar-refractivity contribution in [2.75, 3.05) is 5.73 Å². The molecule has 2 aromatic rings. The Morgan fingerprint density at radius 3 is 2.88 bits per heavy atom. The lowest BCUT2D eigenvalue weighted by Gasteiger charge is -2.12. The van der Waals surface area contributed by atoms with E-state index < -0.39 is 6.10 Å². The maximum Gasteiger partial charge on any atom is 0.121 e. The van der Waals surface area contributed by atoms with E-state index in [1.54, 1.807) is 16.9 Å². The molecule has 0 saturated carbocycles. The third-order valence-electron chi connectivity index (χ3n) is 2.52. The first kappa shape index (κ1) is 10.7. The second-order valence-electron chi connectivity index (χ2n) is 3.87. The van der Waals surface area contributed by atoms with Gasteiger partial charge >= 0.3 is 0 Å². The van der Waals surface area contributed by atoms with Crippen molar-refractivity contribution in [3.8, 4) is 0 Å². The summed E-state index contributed by atoms with van der Waals surface area (Å²) in [5.41, 5.74) is 7.70. The molecule has 84 valence electrons. The van der Waals surface area contributed by atoms with Crippen LogP contribution in [-0.2, 0) is 6.54 Å². The average molecular weight is 217 g/mol. The zero-order chi connectivity index (χ0) is 11.5. The molecule has 4 heteroatoms. The Morgan fingerprint density at radius 1 is 1.44 bits per heavy atom. The number of aryl methyl sites for hydroxylation is 1. The summed E-state index contributed by atoms with van der Waals surface area (Å²) in [6.07, 6.45) is 1.04. The van der Waals surface area contributed by atoms with E-state index in [4.69, 9.17) is 5.73 Å². The summed E-state index contributed by atoms with van der Waals surface area (Å²) in [5, 5.41) is 14.1. The van der Waals surface area contributed by atoms with Gasteiger partial charge in [0.05, 0.1) is 18.8 Å². The molecule has 1 unspecified atom stereocenters. The summed E-state index contributed by atoms with van der Waals surface area (Å²) in [7, 11) is 0. The van der Waals surface area contributed by atoms with Gasteiger partial charge < -0.3 is 10.8 Å². The monoisotopic (exact) mass is 217 g/mol. The molecule has 0 spiro atoms. The molecule has 1 atom stereocenters. The van der Waals surface area contributed by atoms with Crippen molar-refractivity contribution in [1.82, 2.24) is 9.78 Å². The van der Waals surface area contributed by atoms with Gasteiger partial charge in [0.2, 0.25) is 0 Å². The third-order valence-corrected chi connectivity index (χ3v) is 2.52. The predicted octanol–water partition coefficient (Wildman–Crippen LogP) is 1.51. The first-order valence-corrected chi connectivity index (χ1v) is 5.19. The van der Waals surface area contributed by atoms with E-state index in [2.05, 4.69) is 5.10 Å². The van der Waals surface area contributed by atoms with Gasteiger partial charge in [0.15, 0.2) is 0 Å². The topological polar surface area (TPSA) is 64.1 Å². The van der Waals surface area contributed by atoms with Crippen LogP contribution in [0.1, 0.15) is 17.2 Å². The molecule has 0 saturated heterocycles. The second-order valence-corrected chi connectivity index (χ2v) is 3.87. The number of nitrogens with two attached hydrogens (primary N) is 1. The molecule has 4 nitrogen and oxygen atoms in total. The number of nitrogens with zero attached hydrogens (tertiary/aromatic N) is 2. The van der Waals surface area contributed by atoms with Crippen LogP contribution in [0.4, 0.5) is 5.82 Å².